The second-order valence-electron chi connectivity index (χ2n) is 5.10. The average Bonchev–Trinajstić information content (AvgIpc) is 2.41. The Hall–Kier alpha value is -1.60. The SMILES string of the molecule is O[C@H]1CCCc2ccc(Cc3ccccc3)cc21. The second kappa shape index (κ2) is 4.95. The van der Waals surface area contributed by atoms with Crippen LogP contribution in [0, 0.1) is 0 Å². The molecule has 0 amide bonds. The highest BCUT2D eigenvalue weighted by Crippen LogP contribution is 2.30. The highest BCUT2D eigenvalue weighted by Gasteiger charge is 2.17. The summed E-state index contributed by atoms with van der Waals surface area (Å²) in [5, 5.41) is 10.1. The lowest BCUT2D eigenvalue weighted by atomic mass is 9.87. The first-order valence-electron chi connectivity index (χ1n) is 6.66. The van der Waals surface area contributed by atoms with Gasteiger partial charge in [0.25, 0.3) is 0 Å². The van der Waals surface area contributed by atoms with Crippen LogP contribution in [0.25, 0.3) is 0 Å². The number of aliphatic hydroxyl groups is 1. The molecule has 1 aliphatic carbocycles. The van der Waals surface area contributed by atoms with E-state index in [9.17, 15) is 5.11 Å². The summed E-state index contributed by atoms with van der Waals surface area (Å²) in [6.45, 7) is 0. The van der Waals surface area contributed by atoms with Crippen LogP contribution in [-0.4, -0.2) is 5.11 Å². The van der Waals surface area contributed by atoms with E-state index in [4.69, 9.17) is 0 Å². The third kappa shape index (κ3) is 2.32. The fraction of sp³-hybridized carbons (Fsp3) is 0.294. The van der Waals surface area contributed by atoms with E-state index in [1.54, 1.807) is 0 Å². The largest absolute Gasteiger partial charge is 0.388 e. The number of fused-ring (bicyclic) bond motifs is 1. The summed E-state index contributed by atoms with van der Waals surface area (Å²) in [4.78, 5) is 0. The summed E-state index contributed by atoms with van der Waals surface area (Å²) in [5.74, 6) is 0. The Kier molecular flexibility index (Phi) is 3.16. The molecular formula is C17H18O. The molecule has 0 unspecified atom stereocenters. The summed E-state index contributed by atoms with van der Waals surface area (Å²) in [6.07, 6.45) is 3.80. The topological polar surface area (TPSA) is 20.2 Å². The quantitative estimate of drug-likeness (QED) is 0.846. The molecule has 0 radical (unpaired) electrons. The van der Waals surface area contributed by atoms with Gasteiger partial charge in [-0.3, -0.25) is 0 Å². The molecule has 1 aliphatic rings. The minimum absolute atomic E-state index is 0.260. The van der Waals surface area contributed by atoms with Crippen molar-refractivity contribution in [3.63, 3.8) is 0 Å². The van der Waals surface area contributed by atoms with Crippen molar-refractivity contribution in [3.8, 4) is 0 Å². The fourth-order valence-electron chi connectivity index (χ4n) is 2.77. The molecule has 1 nitrogen and oxygen atoms in total. The molecule has 0 heterocycles. The molecule has 2 aromatic rings. The molecule has 0 bridgehead atoms. The molecule has 1 heteroatoms. The Labute approximate surface area is 108 Å². The Bertz CT molecular complexity index is 531. The van der Waals surface area contributed by atoms with Gasteiger partial charge in [0.1, 0.15) is 0 Å². The van der Waals surface area contributed by atoms with E-state index in [1.165, 1.54) is 16.7 Å². The molecular weight excluding hydrogens is 220 g/mol. The zero-order valence-electron chi connectivity index (χ0n) is 10.5. The van der Waals surface area contributed by atoms with Crippen LogP contribution in [0.5, 0.6) is 0 Å². The minimum atomic E-state index is -0.260. The van der Waals surface area contributed by atoms with Gasteiger partial charge < -0.3 is 5.11 Å². The number of benzene rings is 2. The molecule has 0 fully saturated rings. The third-order valence-electron chi connectivity index (χ3n) is 3.74. The lowest BCUT2D eigenvalue weighted by Gasteiger charge is -2.22. The number of aliphatic hydroxyl groups excluding tert-OH is 1. The number of hydrogen-bond donors (Lipinski definition) is 1. The molecule has 3 rings (SSSR count). The van der Waals surface area contributed by atoms with Gasteiger partial charge in [0.05, 0.1) is 6.10 Å². The van der Waals surface area contributed by atoms with E-state index in [0.717, 1.165) is 31.2 Å². The van der Waals surface area contributed by atoms with Gasteiger partial charge in [-0.2, -0.15) is 0 Å². The van der Waals surface area contributed by atoms with Crippen LogP contribution in [0.1, 0.15) is 41.2 Å². The summed E-state index contributed by atoms with van der Waals surface area (Å²) in [5.41, 5.74) is 5.09. The van der Waals surface area contributed by atoms with Crippen molar-refractivity contribution in [1.29, 1.82) is 0 Å². The first-order valence-corrected chi connectivity index (χ1v) is 6.66. The van der Waals surface area contributed by atoms with Gasteiger partial charge in [0, 0.05) is 0 Å². The number of hydrogen-bond acceptors (Lipinski definition) is 1. The predicted molar refractivity (Wildman–Crippen MR) is 73.6 cm³/mol. The van der Waals surface area contributed by atoms with E-state index in [0.29, 0.717) is 0 Å². The Morgan fingerprint density at radius 3 is 2.67 bits per heavy atom. The van der Waals surface area contributed by atoms with Crippen LogP contribution in [-0.2, 0) is 12.8 Å². The van der Waals surface area contributed by atoms with Gasteiger partial charge in [-0.15, -0.1) is 0 Å². The molecule has 0 aromatic heterocycles. The summed E-state index contributed by atoms with van der Waals surface area (Å²) < 4.78 is 0. The molecule has 0 saturated heterocycles. The van der Waals surface area contributed by atoms with Crippen LogP contribution < -0.4 is 0 Å². The zero-order chi connectivity index (χ0) is 12.4. The van der Waals surface area contributed by atoms with E-state index >= 15 is 0 Å². The molecule has 1 atom stereocenters. The van der Waals surface area contributed by atoms with Gasteiger partial charge in [-0.1, -0.05) is 48.5 Å². The van der Waals surface area contributed by atoms with Crippen molar-refractivity contribution in [1.82, 2.24) is 0 Å². The fourth-order valence-corrected chi connectivity index (χ4v) is 2.77. The van der Waals surface area contributed by atoms with Crippen molar-refractivity contribution in [2.24, 2.45) is 0 Å². The van der Waals surface area contributed by atoms with Gasteiger partial charge >= 0.3 is 0 Å². The maximum absolute atomic E-state index is 10.1. The smallest absolute Gasteiger partial charge is 0.0792 e. The van der Waals surface area contributed by atoms with Crippen molar-refractivity contribution >= 4 is 0 Å². The first kappa shape index (κ1) is 11.5. The highest BCUT2D eigenvalue weighted by atomic mass is 16.3. The van der Waals surface area contributed by atoms with Crippen molar-refractivity contribution in [2.45, 2.75) is 31.8 Å². The lowest BCUT2D eigenvalue weighted by Crippen LogP contribution is -2.09. The van der Waals surface area contributed by atoms with Crippen molar-refractivity contribution < 1.29 is 5.11 Å². The molecule has 0 saturated carbocycles. The normalized spacial score (nSPS) is 18.4. The summed E-state index contributed by atoms with van der Waals surface area (Å²) in [7, 11) is 0. The van der Waals surface area contributed by atoms with Gasteiger partial charge in [-0.25, -0.2) is 0 Å². The van der Waals surface area contributed by atoms with Crippen LogP contribution in [0.2, 0.25) is 0 Å². The molecule has 92 valence electrons. The average molecular weight is 238 g/mol. The van der Waals surface area contributed by atoms with E-state index in [-0.39, 0.29) is 6.10 Å². The van der Waals surface area contributed by atoms with Crippen molar-refractivity contribution in [2.75, 3.05) is 0 Å². The van der Waals surface area contributed by atoms with Gasteiger partial charge in [0.2, 0.25) is 0 Å². The molecule has 0 spiro atoms. The van der Waals surface area contributed by atoms with Crippen molar-refractivity contribution in [3.05, 3.63) is 70.8 Å². The molecule has 1 N–H and O–H groups in total. The monoisotopic (exact) mass is 238 g/mol. The Morgan fingerprint density at radius 2 is 1.83 bits per heavy atom. The second-order valence-corrected chi connectivity index (χ2v) is 5.10. The minimum Gasteiger partial charge on any atom is -0.388 e. The predicted octanol–water partition coefficient (Wildman–Crippen LogP) is 3.65. The lowest BCUT2D eigenvalue weighted by molar-refractivity contribution is 0.156. The highest BCUT2D eigenvalue weighted by molar-refractivity contribution is 5.37. The van der Waals surface area contributed by atoms with E-state index in [1.807, 2.05) is 6.07 Å². The Balaban J connectivity index is 1.88. The third-order valence-corrected chi connectivity index (χ3v) is 3.74. The van der Waals surface area contributed by atoms with Gasteiger partial charge in [0.15, 0.2) is 0 Å². The standard InChI is InChI=1S/C17H18O/c18-17-8-4-7-15-10-9-14(12-16(15)17)11-13-5-2-1-3-6-13/h1-3,5-6,9-10,12,17-18H,4,7-8,11H2/t17-/m0/s1. The maximum atomic E-state index is 10.1. The molecule has 2 aromatic carbocycles. The first-order chi connectivity index (χ1) is 8.83. The molecule has 0 aliphatic heterocycles. The van der Waals surface area contributed by atoms with E-state index < -0.39 is 0 Å². The van der Waals surface area contributed by atoms with E-state index in [2.05, 4.69) is 42.5 Å². The molecule has 18 heavy (non-hydrogen) atoms. The number of aryl methyl sites for hydroxylation is 1. The number of rotatable bonds is 2. The summed E-state index contributed by atoms with van der Waals surface area (Å²) >= 11 is 0. The van der Waals surface area contributed by atoms with Crippen LogP contribution in [0.3, 0.4) is 0 Å². The van der Waals surface area contributed by atoms with Crippen LogP contribution in [0.15, 0.2) is 48.5 Å². The van der Waals surface area contributed by atoms with Crippen LogP contribution >= 0.6 is 0 Å². The van der Waals surface area contributed by atoms with Gasteiger partial charge in [-0.05, 0) is 47.9 Å². The Morgan fingerprint density at radius 1 is 1.00 bits per heavy atom. The van der Waals surface area contributed by atoms with Crippen LogP contribution in [0.4, 0.5) is 0 Å². The zero-order valence-corrected chi connectivity index (χ0v) is 10.5. The summed E-state index contributed by atoms with van der Waals surface area (Å²) in [6, 6.07) is 17.1. The maximum Gasteiger partial charge on any atom is 0.0792 e.